The summed E-state index contributed by atoms with van der Waals surface area (Å²) in [7, 11) is 0. The summed E-state index contributed by atoms with van der Waals surface area (Å²) in [5, 5.41) is 7.84. The Morgan fingerprint density at radius 3 is 3.06 bits per heavy atom. The third kappa shape index (κ3) is 3.53. The molecule has 0 radical (unpaired) electrons. The van der Waals surface area contributed by atoms with E-state index in [4.69, 9.17) is 0 Å². The summed E-state index contributed by atoms with van der Waals surface area (Å²) in [4.78, 5) is 6.84. The van der Waals surface area contributed by atoms with Crippen LogP contribution in [0, 0.1) is 0 Å². The first-order valence-corrected chi connectivity index (χ1v) is 7.16. The van der Waals surface area contributed by atoms with Gasteiger partial charge in [0.05, 0.1) is 6.54 Å². The molecule has 5 nitrogen and oxygen atoms in total. The SMILES string of the molecule is CCCn1ncnc1CN(CC)CC1CCCN1. The van der Waals surface area contributed by atoms with E-state index in [-0.39, 0.29) is 0 Å². The van der Waals surface area contributed by atoms with Crippen molar-refractivity contribution in [1.82, 2.24) is 25.0 Å². The number of rotatable bonds is 7. The molecule has 1 unspecified atom stereocenters. The number of hydrogen-bond donors (Lipinski definition) is 1. The van der Waals surface area contributed by atoms with Crippen LogP contribution in [0.2, 0.25) is 0 Å². The van der Waals surface area contributed by atoms with Crippen molar-refractivity contribution in [3.05, 3.63) is 12.2 Å². The van der Waals surface area contributed by atoms with Crippen LogP contribution in [0.1, 0.15) is 38.9 Å². The predicted molar refractivity (Wildman–Crippen MR) is 72.3 cm³/mol. The lowest BCUT2D eigenvalue weighted by molar-refractivity contribution is 0.242. The van der Waals surface area contributed by atoms with Crippen LogP contribution in [0.4, 0.5) is 0 Å². The maximum atomic E-state index is 4.39. The molecule has 1 saturated heterocycles. The average Bonchev–Trinajstić information content (AvgIpc) is 3.01. The van der Waals surface area contributed by atoms with E-state index in [1.54, 1.807) is 6.33 Å². The predicted octanol–water partition coefficient (Wildman–Crippen LogP) is 1.26. The van der Waals surface area contributed by atoms with E-state index in [1.165, 1.54) is 19.4 Å². The van der Waals surface area contributed by atoms with Gasteiger partial charge >= 0.3 is 0 Å². The minimum absolute atomic E-state index is 0.660. The maximum absolute atomic E-state index is 4.39. The summed E-state index contributed by atoms with van der Waals surface area (Å²) < 4.78 is 2.03. The van der Waals surface area contributed by atoms with Crippen molar-refractivity contribution in [2.24, 2.45) is 0 Å². The van der Waals surface area contributed by atoms with Gasteiger partial charge in [-0.15, -0.1) is 0 Å². The van der Waals surface area contributed by atoms with Crippen LogP contribution in [0.5, 0.6) is 0 Å². The lowest BCUT2D eigenvalue weighted by atomic mass is 10.2. The molecule has 0 spiro atoms. The average molecular weight is 251 g/mol. The van der Waals surface area contributed by atoms with Gasteiger partial charge in [-0.1, -0.05) is 13.8 Å². The second kappa shape index (κ2) is 6.85. The van der Waals surface area contributed by atoms with Gasteiger partial charge in [0.1, 0.15) is 12.2 Å². The van der Waals surface area contributed by atoms with Gasteiger partial charge in [-0.3, -0.25) is 4.90 Å². The molecule has 1 aliphatic rings. The minimum Gasteiger partial charge on any atom is -0.313 e. The van der Waals surface area contributed by atoms with E-state index in [0.29, 0.717) is 6.04 Å². The van der Waals surface area contributed by atoms with Crippen molar-refractivity contribution in [2.45, 2.75) is 52.2 Å². The summed E-state index contributed by atoms with van der Waals surface area (Å²) in [5.41, 5.74) is 0. The highest BCUT2D eigenvalue weighted by molar-refractivity contribution is 4.86. The fourth-order valence-corrected chi connectivity index (χ4v) is 2.54. The number of hydrogen-bond acceptors (Lipinski definition) is 4. The lowest BCUT2D eigenvalue weighted by Gasteiger charge is -2.23. The number of aryl methyl sites for hydroxylation is 1. The fraction of sp³-hybridized carbons (Fsp3) is 0.846. The Morgan fingerprint density at radius 2 is 2.39 bits per heavy atom. The Hall–Kier alpha value is -0.940. The Labute approximate surface area is 110 Å². The number of likely N-dealkylation sites (N-methyl/N-ethyl adjacent to an activating group) is 1. The summed E-state index contributed by atoms with van der Waals surface area (Å²) in [6.07, 6.45) is 5.39. The molecular formula is C13H25N5. The molecule has 1 aliphatic heterocycles. The Kier molecular flexibility index (Phi) is 5.13. The number of nitrogens with zero attached hydrogens (tertiary/aromatic N) is 4. The van der Waals surface area contributed by atoms with Gasteiger partial charge in [0, 0.05) is 19.1 Å². The zero-order chi connectivity index (χ0) is 12.8. The van der Waals surface area contributed by atoms with Gasteiger partial charge in [0.25, 0.3) is 0 Å². The monoisotopic (exact) mass is 251 g/mol. The first kappa shape index (κ1) is 13.5. The fourth-order valence-electron chi connectivity index (χ4n) is 2.54. The van der Waals surface area contributed by atoms with Crippen LogP contribution >= 0.6 is 0 Å². The molecule has 0 aromatic carbocycles. The van der Waals surface area contributed by atoms with Gasteiger partial charge < -0.3 is 5.32 Å². The molecule has 1 fully saturated rings. The first-order valence-electron chi connectivity index (χ1n) is 7.16. The van der Waals surface area contributed by atoms with Crippen LogP contribution in [-0.4, -0.2) is 45.3 Å². The molecule has 1 N–H and O–H groups in total. The van der Waals surface area contributed by atoms with Gasteiger partial charge in [-0.2, -0.15) is 5.10 Å². The maximum Gasteiger partial charge on any atom is 0.141 e. The molecule has 0 amide bonds. The van der Waals surface area contributed by atoms with Crippen molar-refractivity contribution < 1.29 is 0 Å². The third-order valence-corrected chi connectivity index (χ3v) is 3.58. The highest BCUT2D eigenvalue weighted by Crippen LogP contribution is 2.09. The van der Waals surface area contributed by atoms with Gasteiger partial charge in [-0.25, -0.2) is 9.67 Å². The smallest absolute Gasteiger partial charge is 0.141 e. The molecule has 0 aliphatic carbocycles. The number of aromatic nitrogens is 3. The molecule has 1 aromatic rings. The Balaban J connectivity index is 1.89. The van der Waals surface area contributed by atoms with E-state index in [9.17, 15) is 0 Å². The highest BCUT2D eigenvalue weighted by atomic mass is 15.3. The largest absolute Gasteiger partial charge is 0.313 e. The first-order chi connectivity index (χ1) is 8.83. The topological polar surface area (TPSA) is 46.0 Å². The van der Waals surface area contributed by atoms with E-state index in [0.717, 1.165) is 38.4 Å². The summed E-state index contributed by atoms with van der Waals surface area (Å²) >= 11 is 0. The number of nitrogens with one attached hydrogen (secondary N) is 1. The van der Waals surface area contributed by atoms with Crippen molar-refractivity contribution in [3.63, 3.8) is 0 Å². The van der Waals surface area contributed by atoms with Crippen LogP contribution in [0.25, 0.3) is 0 Å². The van der Waals surface area contributed by atoms with Gasteiger partial charge in [0.2, 0.25) is 0 Å². The zero-order valence-corrected chi connectivity index (χ0v) is 11.6. The summed E-state index contributed by atoms with van der Waals surface area (Å²) in [6, 6.07) is 0.660. The van der Waals surface area contributed by atoms with Crippen molar-refractivity contribution in [1.29, 1.82) is 0 Å². The molecule has 2 heterocycles. The van der Waals surface area contributed by atoms with Crippen molar-refractivity contribution in [3.8, 4) is 0 Å². The van der Waals surface area contributed by atoms with Gasteiger partial charge in [0.15, 0.2) is 0 Å². The zero-order valence-electron chi connectivity index (χ0n) is 11.6. The molecular weight excluding hydrogens is 226 g/mol. The molecule has 0 saturated carbocycles. The lowest BCUT2D eigenvalue weighted by Crippen LogP contribution is -2.37. The van der Waals surface area contributed by atoms with Crippen LogP contribution < -0.4 is 5.32 Å². The third-order valence-electron chi connectivity index (χ3n) is 3.58. The minimum atomic E-state index is 0.660. The molecule has 1 atom stereocenters. The van der Waals surface area contributed by atoms with E-state index < -0.39 is 0 Å². The van der Waals surface area contributed by atoms with Gasteiger partial charge in [-0.05, 0) is 32.4 Å². The second-order valence-electron chi connectivity index (χ2n) is 5.02. The van der Waals surface area contributed by atoms with Crippen LogP contribution in [0.15, 0.2) is 6.33 Å². The Morgan fingerprint density at radius 1 is 1.50 bits per heavy atom. The molecule has 2 rings (SSSR count). The molecule has 102 valence electrons. The molecule has 18 heavy (non-hydrogen) atoms. The quantitative estimate of drug-likeness (QED) is 0.792. The van der Waals surface area contributed by atoms with Crippen LogP contribution in [-0.2, 0) is 13.1 Å². The standard InChI is InChI=1S/C13H25N5/c1-3-8-18-13(15-11-16-18)10-17(4-2)9-12-6-5-7-14-12/h11-12,14H,3-10H2,1-2H3. The van der Waals surface area contributed by atoms with Crippen LogP contribution in [0.3, 0.4) is 0 Å². The summed E-state index contributed by atoms with van der Waals surface area (Å²) in [5.74, 6) is 1.09. The molecule has 5 heteroatoms. The summed E-state index contributed by atoms with van der Waals surface area (Å²) in [6.45, 7) is 9.63. The Bertz CT molecular complexity index is 343. The van der Waals surface area contributed by atoms with Crippen molar-refractivity contribution >= 4 is 0 Å². The van der Waals surface area contributed by atoms with E-state index >= 15 is 0 Å². The molecule has 0 bridgehead atoms. The molecule has 1 aromatic heterocycles. The van der Waals surface area contributed by atoms with E-state index in [2.05, 4.69) is 34.1 Å². The normalized spacial score (nSPS) is 19.8. The second-order valence-corrected chi connectivity index (χ2v) is 5.02. The van der Waals surface area contributed by atoms with E-state index in [1.807, 2.05) is 4.68 Å². The highest BCUT2D eigenvalue weighted by Gasteiger charge is 2.18. The van der Waals surface area contributed by atoms with Crippen molar-refractivity contribution in [2.75, 3.05) is 19.6 Å².